The Balaban J connectivity index is 2.11. The zero-order valence-corrected chi connectivity index (χ0v) is 13.4. The highest BCUT2D eigenvalue weighted by molar-refractivity contribution is 7.91. The van der Waals surface area contributed by atoms with Crippen LogP contribution in [-0.2, 0) is 21.2 Å². The maximum atomic E-state index is 12.1. The number of aryl methyl sites for hydroxylation is 1. The quantitative estimate of drug-likeness (QED) is 0.617. The monoisotopic (exact) mass is 330 g/mol. The topological polar surface area (TPSA) is 124 Å². The van der Waals surface area contributed by atoms with E-state index in [4.69, 9.17) is 0 Å². The fourth-order valence-corrected chi connectivity index (χ4v) is 4.82. The summed E-state index contributed by atoms with van der Waals surface area (Å²) >= 11 is 0. The maximum absolute atomic E-state index is 12.1. The number of nitrogens with zero attached hydrogens (tertiary/aromatic N) is 3. The van der Waals surface area contributed by atoms with Gasteiger partial charge in [0.05, 0.1) is 22.0 Å². The van der Waals surface area contributed by atoms with E-state index in [1.807, 2.05) is 0 Å². The van der Waals surface area contributed by atoms with Gasteiger partial charge in [0.2, 0.25) is 5.91 Å². The Hall–Kier alpha value is -1.97. The second-order valence-corrected chi connectivity index (χ2v) is 8.07. The predicted octanol–water partition coefficient (Wildman–Crippen LogP) is 0.102. The molecule has 0 unspecified atom stereocenters. The second-order valence-electron chi connectivity index (χ2n) is 5.89. The van der Waals surface area contributed by atoms with Crippen LogP contribution < -0.4 is 5.32 Å². The van der Waals surface area contributed by atoms with Crippen molar-refractivity contribution in [3.8, 4) is 0 Å². The third kappa shape index (κ3) is 3.26. The molecule has 1 N–H and O–H groups in total. The van der Waals surface area contributed by atoms with Crippen molar-refractivity contribution in [3.63, 3.8) is 0 Å². The van der Waals surface area contributed by atoms with Gasteiger partial charge >= 0.3 is 5.69 Å². The molecule has 22 heavy (non-hydrogen) atoms. The van der Waals surface area contributed by atoms with Crippen molar-refractivity contribution < 1.29 is 18.1 Å². The van der Waals surface area contributed by atoms with E-state index < -0.39 is 26.2 Å². The second kappa shape index (κ2) is 5.34. The maximum Gasteiger partial charge on any atom is 0.312 e. The number of nitro groups is 1. The first-order chi connectivity index (χ1) is 10.0. The lowest BCUT2D eigenvalue weighted by molar-refractivity contribution is -0.386. The molecule has 1 saturated heterocycles. The molecule has 1 fully saturated rings. The van der Waals surface area contributed by atoms with Crippen LogP contribution in [0, 0.1) is 24.0 Å². The highest BCUT2D eigenvalue weighted by Gasteiger charge is 2.39. The van der Waals surface area contributed by atoms with E-state index >= 15 is 0 Å². The Labute approximate surface area is 127 Å². The molecule has 122 valence electrons. The van der Waals surface area contributed by atoms with Gasteiger partial charge in [-0.3, -0.25) is 19.6 Å². The standard InChI is InChI=1S/C12H18N4O5S/c1-8-11(16(18)19)9(2)15(14-8)6-10(17)13-12(3)4-5-22(20,21)7-12/h4-7H2,1-3H3,(H,13,17)/t12-/m0/s1. The smallest absolute Gasteiger partial charge is 0.312 e. The van der Waals surface area contributed by atoms with Gasteiger partial charge in [0.15, 0.2) is 9.84 Å². The van der Waals surface area contributed by atoms with Crippen LogP contribution >= 0.6 is 0 Å². The number of carbonyl (C=O) groups is 1. The molecule has 1 aromatic heterocycles. The molecule has 0 spiro atoms. The Morgan fingerprint density at radius 2 is 2.14 bits per heavy atom. The average Bonchev–Trinajstić information content (AvgIpc) is 2.75. The van der Waals surface area contributed by atoms with E-state index in [9.17, 15) is 23.3 Å². The SMILES string of the molecule is Cc1nn(CC(=O)N[C@@]2(C)CCS(=O)(=O)C2)c(C)c1[N+](=O)[O-]. The van der Waals surface area contributed by atoms with E-state index in [0.29, 0.717) is 12.1 Å². The average molecular weight is 330 g/mol. The van der Waals surface area contributed by atoms with Crippen LogP contribution in [0.5, 0.6) is 0 Å². The molecule has 1 aromatic rings. The number of nitrogens with one attached hydrogen (secondary N) is 1. The molecule has 0 aromatic carbocycles. The van der Waals surface area contributed by atoms with E-state index in [1.54, 1.807) is 6.92 Å². The van der Waals surface area contributed by atoms with Crippen molar-refractivity contribution in [2.24, 2.45) is 0 Å². The number of carbonyl (C=O) groups excluding carboxylic acids is 1. The van der Waals surface area contributed by atoms with Crippen LogP contribution in [0.3, 0.4) is 0 Å². The number of rotatable bonds is 4. The minimum atomic E-state index is -3.12. The summed E-state index contributed by atoms with van der Waals surface area (Å²) in [6.45, 7) is 4.52. The molecule has 1 atom stereocenters. The van der Waals surface area contributed by atoms with E-state index in [-0.39, 0.29) is 29.4 Å². The van der Waals surface area contributed by atoms with Crippen LogP contribution in [0.25, 0.3) is 0 Å². The number of aromatic nitrogens is 2. The fourth-order valence-electron chi connectivity index (χ4n) is 2.73. The molecule has 0 saturated carbocycles. The third-order valence-electron chi connectivity index (χ3n) is 3.76. The summed E-state index contributed by atoms with van der Waals surface area (Å²) in [7, 11) is -3.12. The normalized spacial score (nSPS) is 23.4. The summed E-state index contributed by atoms with van der Waals surface area (Å²) < 4.78 is 24.3. The highest BCUT2D eigenvalue weighted by atomic mass is 32.2. The largest absolute Gasteiger partial charge is 0.348 e. The van der Waals surface area contributed by atoms with E-state index in [2.05, 4.69) is 10.4 Å². The summed E-state index contributed by atoms with van der Waals surface area (Å²) in [5, 5.41) is 17.6. The summed E-state index contributed by atoms with van der Waals surface area (Å²) in [5.74, 6) is -0.460. The van der Waals surface area contributed by atoms with Gasteiger partial charge in [-0.05, 0) is 27.2 Å². The van der Waals surface area contributed by atoms with Crippen molar-refractivity contribution in [1.82, 2.24) is 15.1 Å². The van der Waals surface area contributed by atoms with Crippen LogP contribution in [0.2, 0.25) is 0 Å². The van der Waals surface area contributed by atoms with E-state index in [1.165, 1.54) is 18.5 Å². The molecule has 2 heterocycles. The van der Waals surface area contributed by atoms with Crippen molar-refractivity contribution in [1.29, 1.82) is 0 Å². The Morgan fingerprint density at radius 1 is 1.50 bits per heavy atom. The molecule has 0 aliphatic carbocycles. The molecule has 0 bridgehead atoms. The van der Waals surface area contributed by atoms with Crippen LogP contribution in [0.4, 0.5) is 5.69 Å². The molecule has 1 aliphatic rings. The zero-order chi connectivity index (χ0) is 16.7. The molecule has 9 nitrogen and oxygen atoms in total. The van der Waals surface area contributed by atoms with Crippen molar-refractivity contribution >= 4 is 21.4 Å². The third-order valence-corrected chi connectivity index (χ3v) is 5.67. The lowest BCUT2D eigenvalue weighted by Crippen LogP contribution is -2.48. The number of hydrogen-bond donors (Lipinski definition) is 1. The number of sulfone groups is 1. The number of hydrogen-bond acceptors (Lipinski definition) is 6. The predicted molar refractivity (Wildman–Crippen MR) is 78.2 cm³/mol. The van der Waals surface area contributed by atoms with Crippen LogP contribution in [-0.4, -0.2) is 46.1 Å². The molecule has 1 amide bonds. The first-order valence-electron chi connectivity index (χ1n) is 6.73. The minimum Gasteiger partial charge on any atom is -0.348 e. The van der Waals surface area contributed by atoms with Crippen molar-refractivity contribution in [3.05, 3.63) is 21.5 Å². The Morgan fingerprint density at radius 3 is 2.59 bits per heavy atom. The highest BCUT2D eigenvalue weighted by Crippen LogP contribution is 2.24. The molecule has 0 radical (unpaired) electrons. The summed E-state index contributed by atoms with van der Waals surface area (Å²) in [4.78, 5) is 22.5. The molecule has 10 heteroatoms. The van der Waals surface area contributed by atoms with Crippen molar-refractivity contribution in [2.45, 2.75) is 39.3 Å². The van der Waals surface area contributed by atoms with Gasteiger partial charge in [0, 0.05) is 0 Å². The zero-order valence-electron chi connectivity index (χ0n) is 12.6. The first kappa shape index (κ1) is 16.4. The first-order valence-corrected chi connectivity index (χ1v) is 8.55. The lowest BCUT2D eigenvalue weighted by atomic mass is 10.0. The van der Waals surface area contributed by atoms with Crippen LogP contribution in [0.15, 0.2) is 0 Å². The fraction of sp³-hybridized carbons (Fsp3) is 0.667. The van der Waals surface area contributed by atoms with Gasteiger partial charge in [0.25, 0.3) is 0 Å². The van der Waals surface area contributed by atoms with E-state index in [0.717, 1.165) is 0 Å². The van der Waals surface area contributed by atoms with Gasteiger partial charge in [0.1, 0.15) is 17.9 Å². The van der Waals surface area contributed by atoms with Gasteiger partial charge in [-0.15, -0.1) is 0 Å². The number of amides is 1. The molecular weight excluding hydrogens is 312 g/mol. The molecular formula is C12H18N4O5S. The van der Waals surface area contributed by atoms with Gasteiger partial charge in [-0.1, -0.05) is 0 Å². The van der Waals surface area contributed by atoms with Gasteiger partial charge in [-0.2, -0.15) is 5.10 Å². The van der Waals surface area contributed by atoms with Gasteiger partial charge < -0.3 is 5.32 Å². The molecule has 1 aliphatic heterocycles. The summed E-state index contributed by atoms with van der Waals surface area (Å²) in [5.41, 5.74) is -0.368. The minimum absolute atomic E-state index is 0.0508. The summed E-state index contributed by atoms with van der Waals surface area (Å²) in [6.07, 6.45) is 0.359. The Kier molecular flexibility index (Phi) is 3.98. The molecule has 2 rings (SSSR count). The van der Waals surface area contributed by atoms with Crippen molar-refractivity contribution in [2.75, 3.05) is 11.5 Å². The summed E-state index contributed by atoms with van der Waals surface area (Å²) in [6, 6.07) is 0. The Bertz CT molecular complexity index is 739. The lowest BCUT2D eigenvalue weighted by Gasteiger charge is -2.23. The van der Waals surface area contributed by atoms with Crippen LogP contribution in [0.1, 0.15) is 24.7 Å². The van der Waals surface area contributed by atoms with Gasteiger partial charge in [-0.25, -0.2) is 8.42 Å².